The first-order valence-corrected chi connectivity index (χ1v) is 10.1. The summed E-state index contributed by atoms with van der Waals surface area (Å²) in [6.07, 6.45) is -0.0595. The normalized spacial score (nSPS) is 13.1. The highest BCUT2D eigenvalue weighted by Gasteiger charge is 2.26. The lowest BCUT2D eigenvalue weighted by Crippen LogP contribution is -2.26. The van der Waals surface area contributed by atoms with E-state index in [2.05, 4.69) is 5.10 Å². The van der Waals surface area contributed by atoms with Crippen molar-refractivity contribution in [1.82, 2.24) is 14.3 Å². The van der Waals surface area contributed by atoms with Crippen LogP contribution >= 0.6 is 0 Å². The molecule has 0 aliphatic rings. The van der Waals surface area contributed by atoms with Crippen LogP contribution in [0.15, 0.2) is 16.9 Å². The van der Waals surface area contributed by atoms with Gasteiger partial charge in [-0.05, 0) is 47.6 Å². The van der Waals surface area contributed by atoms with E-state index in [1.807, 2.05) is 0 Å². The number of aromatic nitrogens is 3. The number of carbonyl (C=O) groups is 2. The zero-order valence-corrected chi connectivity index (χ0v) is 19.6. The third kappa shape index (κ3) is 6.02. The minimum Gasteiger partial charge on any atom is -0.460 e. The molecule has 2 aromatic rings. The van der Waals surface area contributed by atoms with E-state index < -0.39 is 57.6 Å². The third-order valence-corrected chi connectivity index (χ3v) is 4.23. The van der Waals surface area contributed by atoms with Crippen LogP contribution in [0.4, 0.5) is 8.78 Å². The smallest absolute Gasteiger partial charge is 0.350 e. The summed E-state index contributed by atoms with van der Waals surface area (Å²) < 4.78 is 41.6. The summed E-state index contributed by atoms with van der Waals surface area (Å²) in [6.45, 7) is 11.7. The van der Waals surface area contributed by atoms with E-state index in [0.29, 0.717) is 16.8 Å². The van der Waals surface area contributed by atoms with Gasteiger partial charge in [0.05, 0.1) is 12.0 Å². The van der Waals surface area contributed by atoms with Crippen LogP contribution in [0.2, 0.25) is 0 Å². The first kappa shape index (κ1) is 25.2. The fourth-order valence-electron chi connectivity index (χ4n) is 2.95. The van der Waals surface area contributed by atoms with Crippen molar-refractivity contribution in [3.63, 3.8) is 0 Å². The third-order valence-electron chi connectivity index (χ3n) is 4.23. The Hall–Kier alpha value is -3.04. The van der Waals surface area contributed by atoms with Gasteiger partial charge in [0.15, 0.2) is 0 Å². The molecule has 32 heavy (non-hydrogen) atoms. The van der Waals surface area contributed by atoms with Gasteiger partial charge in [0.2, 0.25) is 0 Å². The van der Waals surface area contributed by atoms with Crippen LogP contribution in [0.25, 0.3) is 5.69 Å². The Kier molecular flexibility index (Phi) is 6.96. The summed E-state index contributed by atoms with van der Waals surface area (Å²) in [5.41, 5.74) is -3.36. The Morgan fingerprint density at radius 1 is 1.03 bits per heavy atom. The molecular weight excluding hydrogens is 424 g/mol. The predicted molar refractivity (Wildman–Crippen MR) is 113 cm³/mol. The number of carbonyl (C=O) groups excluding carboxylic acids is 2. The molecule has 0 aliphatic heterocycles. The van der Waals surface area contributed by atoms with E-state index >= 15 is 0 Å². The molecule has 1 aromatic carbocycles. The van der Waals surface area contributed by atoms with Gasteiger partial charge < -0.3 is 9.47 Å². The maximum atomic E-state index is 14.8. The van der Waals surface area contributed by atoms with Gasteiger partial charge in [0.1, 0.15) is 34.3 Å². The van der Waals surface area contributed by atoms with Crippen molar-refractivity contribution in [3.8, 4) is 5.69 Å². The largest absolute Gasteiger partial charge is 0.460 e. The Labute approximate surface area is 185 Å². The zero-order chi connectivity index (χ0) is 24.6. The van der Waals surface area contributed by atoms with Gasteiger partial charge in [-0.15, -0.1) is 5.10 Å². The van der Waals surface area contributed by atoms with Crippen molar-refractivity contribution in [1.29, 1.82) is 0 Å². The van der Waals surface area contributed by atoms with Crippen molar-refractivity contribution in [2.75, 3.05) is 0 Å². The van der Waals surface area contributed by atoms with E-state index in [9.17, 15) is 23.2 Å². The van der Waals surface area contributed by atoms with E-state index in [1.54, 1.807) is 48.5 Å². The number of benzene rings is 1. The van der Waals surface area contributed by atoms with Crippen molar-refractivity contribution in [2.45, 2.75) is 72.0 Å². The first-order valence-electron chi connectivity index (χ1n) is 10.1. The average molecular weight is 453 g/mol. The van der Waals surface area contributed by atoms with Crippen LogP contribution in [0.5, 0.6) is 0 Å². The maximum Gasteiger partial charge on any atom is 0.350 e. The van der Waals surface area contributed by atoms with E-state index in [1.165, 1.54) is 7.05 Å². The molecule has 1 heterocycles. The Morgan fingerprint density at radius 2 is 1.59 bits per heavy atom. The zero-order valence-electron chi connectivity index (χ0n) is 19.6. The summed E-state index contributed by atoms with van der Waals surface area (Å²) in [4.78, 5) is 36.9. The molecule has 0 radical (unpaired) electrons. The number of rotatable bonds is 5. The van der Waals surface area contributed by atoms with Gasteiger partial charge in [-0.3, -0.25) is 9.36 Å². The second kappa shape index (κ2) is 8.84. The molecule has 0 amide bonds. The second-order valence-corrected chi connectivity index (χ2v) is 9.59. The van der Waals surface area contributed by atoms with Crippen molar-refractivity contribution in [3.05, 3.63) is 45.6 Å². The minimum absolute atomic E-state index is 0.0595. The van der Waals surface area contributed by atoms with Crippen LogP contribution < -0.4 is 5.69 Å². The minimum atomic E-state index is -1.06. The quantitative estimate of drug-likeness (QED) is 0.642. The molecule has 0 bridgehead atoms. The Morgan fingerprint density at radius 3 is 2.12 bits per heavy atom. The van der Waals surface area contributed by atoms with Crippen LogP contribution in [0.3, 0.4) is 0 Å². The van der Waals surface area contributed by atoms with Crippen molar-refractivity contribution in [2.24, 2.45) is 7.05 Å². The molecule has 0 spiro atoms. The number of hydrogen-bond acceptors (Lipinski definition) is 6. The molecule has 1 aromatic heterocycles. The molecule has 1 atom stereocenters. The SMILES string of the molecule is C[C@@H](CC(=O)OC(C)(C)C)c1nn(-c2cc(F)c(C(=O)OC(C)(C)C)cc2F)c(=O)n1C. The van der Waals surface area contributed by atoms with Crippen LogP contribution in [-0.2, 0) is 21.3 Å². The molecule has 0 N–H and O–H groups in total. The van der Waals surface area contributed by atoms with E-state index in [-0.39, 0.29) is 12.2 Å². The fourth-order valence-corrected chi connectivity index (χ4v) is 2.95. The molecule has 0 saturated carbocycles. The molecule has 10 heteroatoms. The lowest BCUT2D eigenvalue weighted by atomic mass is 10.1. The number of hydrogen-bond donors (Lipinski definition) is 0. The summed E-state index contributed by atoms with van der Waals surface area (Å²) in [6, 6.07) is 1.38. The Bertz CT molecular complexity index is 1090. The van der Waals surface area contributed by atoms with Gasteiger partial charge in [0.25, 0.3) is 0 Å². The molecular formula is C22H29F2N3O5. The predicted octanol–water partition coefficient (Wildman–Crippen LogP) is 3.64. The average Bonchev–Trinajstić information content (AvgIpc) is 2.88. The number of esters is 2. The summed E-state index contributed by atoms with van der Waals surface area (Å²) in [5, 5.41) is 4.10. The highest BCUT2D eigenvalue weighted by atomic mass is 19.1. The molecule has 2 rings (SSSR count). The van der Waals surface area contributed by atoms with Crippen LogP contribution in [-0.4, -0.2) is 37.5 Å². The van der Waals surface area contributed by atoms with Crippen LogP contribution in [0, 0.1) is 11.6 Å². The summed E-state index contributed by atoms with van der Waals surface area (Å²) >= 11 is 0. The van der Waals surface area contributed by atoms with E-state index in [0.717, 1.165) is 4.57 Å². The Balaban J connectivity index is 2.39. The molecule has 176 valence electrons. The number of nitrogens with zero attached hydrogens (tertiary/aromatic N) is 3. The standard InChI is InChI=1S/C22H29F2N3O5/c1-12(9-17(28)31-21(2,3)4)18-25-27(20(30)26(18)8)16-11-14(23)13(10-15(16)24)19(29)32-22(5,6)7/h10-12H,9H2,1-8H3/t12-/m0/s1. The van der Waals surface area contributed by atoms with Crippen molar-refractivity contribution < 1.29 is 27.8 Å². The molecule has 0 unspecified atom stereocenters. The molecule has 0 aliphatic carbocycles. The lowest BCUT2D eigenvalue weighted by molar-refractivity contribution is -0.155. The van der Waals surface area contributed by atoms with Gasteiger partial charge in [-0.1, -0.05) is 6.92 Å². The topological polar surface area (TPSA) is 92.4 Å². The van der Waals surface area contributed by atoms with Gasteiger partial charge in [-0.2, -0.15) is 4.68 Å². The second-order valence-electron chi connectivity index (χ2n) is 9.59. The fraction of sp³-hybridized carbons (Fsp3) is 0.545. The van der Waals surface area contributed by atoms with Gasteiger partial charge >= 0.3 is 17.6 Å². The van der Waals surface area contributed by atoms with Gasteiger partial charge in [0, 0.05) is 19.0 Å². The number of halogens is 2. The molecule has 0 fully saturated rings. The molecule has 8 nitrogen and oxygen atoms in total. The highest BCUT2D eigenvalue weighted by molar-refractivity contribution is 5.90. The van der Waals surface area contributed by atoms with Crippen molar-refractivity contribution >= 4 is 11.9 Å². The monoisotopic (exact) mass is 453 g/mol. The highest BCUT2D eigenvalue weighted by Crippen LogP contribution is 2.23. The number of ether oxygens (including phenoxy) is 2. The van der Waals surface area contributed by atoms with Crippen LogP contribution in [0.1, 0.15) is 77.0 Å². The first-order chi connectivity index (χ1) is 14.5. The lowest BCUT2D eigenvalue weighted by Gasteiger charge is -2.20. The molecule has 0 saturated heterocycles. The van der Waals surface area contributed by atoms with E-state index in [4.69, 9.17) is 9.47 Å². The maximum absolute atomic E-state index is 14.8. The summed E-state index contributed by atoms with van der Waals surface area (Å²) in [5.74, 6) is -3.93. The summed E-state index contributed by atoms with van der Waals surface area (Å²) in [7, 11) is 1.41. The van der Waals surface area contributed by atoms with Gasteiger partial charge in [-0.25, -0.2) is 18.4 Å².